The fraction of sp³-hybridized carbons (Fsp3) is 0.0714. The second kappa shape index (κ2) is 6.45. The zero-order valence-corrected chi connectivity index (χ0v) is 14.9. The van der Waals surface area contributed by atoms with Gasteiger partial charge in [0.05, 0.1) is 6.20 Å². The first kappa shape index (κ1) is 18.5. The van der Waals surface area contributed by atoms with Gasteiger partial charge in [0, 0.05) is 10.0 Å². The van der Waals surface area contributed by atoms with Crippen LogP contribution in [0, 0.1) is 0 Å². The third-order valence-electron chi connectivity index (χ3n) is 3.20. The van der Waals surface area contributed by atoms with Crippen LogP contribution in [0.2, 0.25) is 0 Å². The summed E-state index contributed by atoms with van der Waals surface area (Å²) in [6, 6.07) is 8.43. The van der Waals surface area contributed by atoms with Crippen molar-refractivity contribution in [2.45, 2.75) is 11.1 Å². The lowest BCUT2D eigenvalue weighted by Gasteiger charge is -2.06. The van der Waals surface area contributed by atoms with Gasteiger partial charge in [0.1, 0.15) is 4.90 Å². The summed E-state index contributed by atoms with van der Waals surface area (Å²) < 4.78 is 71.7. The first-order chi connectivity index (χ1) is 12.1. The lowest BCUT2D eigenvalue weighted by molar-refractivity contribution is -0.144. The average Bonchev–Trinajstić information content (AvgIpc) is 3.00. The molecule has 1 aromatic carbocycles. The molecule has 0 saturated carbocycles. The molecule has 0 bridgehead atoms. The van der Waals surface area contributed by atoms with E-state index in [0.717, 1.165) is 27.5 Å². The van der Waals surface area contributed by atoms with E-state index in [4.69, 9.17) is 4.55 Å². The molecule has 0 radical (unpaired) electrons. The molecule has 136 valence electrons. The molecule has 0 aliphatic carbocycles. The van der Waals surface area contributed by atoms with Crippen LogP contribution in [0.1, 0.15) is 5.82 Å². The van der Waals surface area contributed by atoms with Crippen LogP contribution in [-0.2, 0) is 16.3 Å². The van der Waals surface area contributed by atoms with Crippen molar-refractivity contribution in [2.24, 2.45) is 0 Å². The molecule has 0 fully saturated rings. The molecule has 0 aliphatic rings. The van der Waals surface area contributed by atoms with Crippen molar-refractivity contribution in [1.82, 2.24) is 19.7 Å². The summed E-state index contributed by atoms with van der Waals surface area (Å²) in [5.74, 6) is -1.59. The number of rotatable bonds is 3. The molecule has 7 nitrogen and oxygen atoms in total. The molecular weight excluding hydrogens is 441 g/mol. The number of benzene rings is 1. The molecule has 26 heavy (non-hydrogen) atoms. The van der Waals surface area contributed by atoms with Gasteiger partial charge in [-0.3, -0.25) is 4.55 Å². The van der Waals surface area contributed by atoms with Crippen molar-refractivity contribution >= 4 is 26.0 Å². The highest BCUT2D eigenvalue weighted by molar-refractivity contribution is 9.10. The quantitative estimate of drug-likeness (QED) is 0.616. The highest BCUT2D eigenvalue weighted by Crippen LogP contribution is 2.30. The van der Waals surface area contributed by atoms with Crippen LogP contribution < -0.4 is 0 Å². The van der Waals surface area contributed by atoms with Crippen LogP contribution in [0.3, 0.4) is 0 Å². The Morgan fingerprint density at radius 1 is 1.08 bits per heavy atom. The van der Waals surface area contributed by atoms with Gasteiger partial charge in [-0.2, -0.15) is 26.3 Å². The van der Waals surface area contributed by atoms with Gasteiger partial charge in [-0.05, 0) is 24.3 Å². The zero-order valence-electron chi connectivity index (χ0n) is 12.5. The molecule has 0 spiro atoms. The third kappa shape index (κ3) is 3.76. The van der Waals surface area contributed by atoms with Crippen LogP contribution in [-0.4, -0.2) is 32.7 Å². The minimum atomic E-state index is -4.77. The Balaban J connectivity index is 2.16. The van der Waals surface area contributed by atoms with Crippen molar-refractivity contribution in [1.29, 1.82) is 0 Å². The van der Waals surface area contributed by atoms with Crippen molar-refractivity contribution in [3.8, 4) is 17.2 Å². The van der Waals surface area contributed by atoms with Gasteiger partial charge < -0.3 is 0 Å². The number of alkyl halides is 3. The van der Waals surface area contributed by atoms with Gasteiger partial charge in [0.15, 0.2) is 11.6 Å². The van der Waals surface area contributed by atoms with Gasteiger partial charge in [-0.1, -0.05) is 28.1 Å². The number of hydrogen-bond donors (Lipinski definition) is 1. The van der Waals surface area contributed by atoms with Crippen molar-refractivity contribution in [2.75, 3.05) is 0 Å². The molecule has 3 rings (SSSR count). The number of pyridine rings is 1. The molecule has 0 unspecified atom stereocenters. The monoisotopic (exact) mass is 448 g/mol. The Hall–Kier alpha value is -2.31. The van der Waals surface area contributed by atoms with Crippen LogP contribution in [0.15, 0.2) is 52.0 Å². The predicted molar refractivity (Wildman–Crippen MR) is 87.1 cm³/mol. The standard InChI is InChI=1S/C14H8BrF3N4O3S/c15-9-3-1-8(2-4-9)12-20-13(14(16,17)18)21-22(12)11-6-5-10(7-19-11)26(23,24)25/h1-7H,(H,23,24,25). The molecule has 2 heterocycles. The second-order valence-electron chi connectivity index (χ2n) is 5.00. The molecule has 2 aromatic heterocycles. The van der Waals surface area contributed by atoms with Crippen molar-refractivity contribution < 1.29 is 26.1 Å². The van der Waals surface area contributed by atoms with Gasteiger partial charge >= 0.3 is 6.18 Å². The fourth-order valence-corrected chi connectivity index (χ4v) is 2.72. The van der Waals surface area contributed by atoms with E-state index in [-0.39, 0.29) is 11.6 Å². The topological polar surface area (TPSA) is 98.0 Å². The van der Waals surface area contributed by atoms with E-state index in [2.05, 4.69) is 31.0 Å². The lowest BCUT2D eigenvalue weighted by atomic mass is 10.2. The molecular formula is C14H8BrF3N4O3S. The van der Waals surface area contributed by atoms with E-state index >= 15 is 0 Å². The largest absolute Gasteiger partial charge is 0.453 e. The maximum atomic E-state index is 13.0. The van der Waals surface area contributed by atoms with E-state index in [9.17, 15) is 21.6 Å². The predicted octanol–water partition coefficient (Wildman–Crippen LogP) is 3.36. The minimum absolute atomic E-state index is 0.0988. The first-order valence-corrected chi connectivity index (χ1v) is 9.03. The normalized spacial score (nSPS) is 12.3. The lowest BCUT2D eigenvalue weighted by Crippen LogP contribution is -2.09. The number of aromatic nitrogens is 4. The fourth-order valence-electron chi connectivity index (χ4n) is 2.03. The van der Waals surface area contributed by atoms with Gasteiger partial charge in [-0.15, -0.1) is 5.10 Å². The molecule has 1 N–H and O–H groups in total. The summed E-state index contributed by atoms with van der Waals surface area (Å²) in [7, 11) is -4.48. The Bertz CT molecular complexity index is 1050. The smallest absolute Gasteiger partial charge is 0.282 e. The van der Waals surface area contributed by atoms with Crippen LogP contribution in [0.25, 0.3) is 17.2 Å². The summed E-state index contributed by atoms with van der Waals surface area (Å²) in [5, 5.41) is 3.44. The van der Waals surface area contributed by atoms with Gasteiger partial charge in [0.25, 0.3) is 15.9 Å². The van der Waals surface area contributed by atoms with Crippen LogP contribution >= 0.6 is 15.9 Å². The molecule has 0 amide bonds. The summed E-state index contributed by atoms with van der Waals surface area (Å²) in [4.78, 5) is 6.79. The van der Waals surface area contributed by atoms with E-state index in [0.29, 0.717) is 5.56 Å². The van der Waals surface area contributed by atoms with E-state index < -0.39 is 27.0 Å². The third-order valence-corrected chi connectivity index (χ3v) is 4.56. The Labute approximate surface area is 153 Å². The molecule has 12 heteroatoms. The highest BCUT2D eigenvalue weighted by atomic mass is 79.9. The SMILES string of the molecule is O=S(=O)(O)c1ccc(-n2nc(C(F)(F)F)nc2-c2ccc(Br)cc2)nc1. The van der Waals surface area contributed by atoms with Gasteiger partial charge in [0.2, 0.25) is 0 Å². The molecule has 0 aliphatic heterocycles. The number of nitrogens with zero attached hydrogens (tertiary/aromatic N) is 4. The summed E-state index contributed by atoms with van der Waals surface area (Å²) in [5.41, 5.74) is 0.344. The Kier molecular flexibility index (Phi) is 4.58. The minimum Gasteiger partial charge on any atom is -0.282 e. The molecule has 0 saturated heterocycles. The zero-order chi connectivity index (χ0) is 19.1. The summed E-state index contributed by atoms with van der Waals surface area (Å²) in [6.07, 6.45) is -3.96. The van der Waals surface area contributed by atoms with E-state index in [1.807, 2.05) is 0 Å². The van der Waals surface area contributed by atoms with Crippen LogP contribution in [0.5, 0.6) is 0 Å². The molecule has 0 atom stereocenters. The highest BCUT2D eigenvalue weighted by Gasteiger charge is 2.37. The maximum Gasteiger partial charge on any atom is 0.453 e. The van der Waals surface area contributed by atoms with Crippen molar-refractivity contribution in [3.63, 3.8) is 0 Å². The maximum absolute atomic E-state index is 13.0. The average molecular weight is 449 g/mol. The Morgan fingerprint density at radius 3 is 2.23 bits per heavy atom. The van der Waals surface area contributed by atoms with Crippen LogP contribution in [0.4, 0.5) is 13.2 Å². The molecule has 3 aromatic rings. The Morgan fingerprint density at radius 2 is 1.73 bits per heavy atom. The van der Waals surface area contributed by atoms with E-state index in [1.165, 1.54) is 12.1 Å². The summed E-state index contributed by atoms with van der Waals surface area (Å²) >= 11 is 3.23. The van der Waals surface area contributed by atoms with Gasteiger partial charge in [-0.25, -0.2) is 9.97 Å². The van der Waals surface area contributed by atoms with E-state index in [1.54, 1.807) is 12.1 Å². The number of hydrogen-bond acceptors (Lipinski definition) is 5. The summed E-state index contributed by atoms with van der Waals surface area (Å²) in [6.45, 7) is 0. The number of halogens is 4. The second-order valence-corrected chi connectivity index (χ2v) is 7.34. The first-order valence-electron chi connectivity index (χ1n) is 6.80. The van der Waals surface area contributed by atoms with Crippen molar-refractivity contribution in [3.05, 3.63) is 52.9 Å².